The molecule has 176 valence electrons. The highest BCUT2D eigenvalue weighted by molar-refractivity contribution is 5.87. The summed E-state index contributed by atoms with van der Waals surface area (Å²) in [6.45, 7) is 3.06. The van der Waals surface area contributed by atoms with Gasteiger partial charge >= 0.3 is 0 Å². The van der Waals surface area contributed by atoms with Crippen LogP contribution in [0, 0.1) is 0 Å². The monoisotopic (exact) mass is 463 g/mol. The fourth-order valence-corrected chi connectivity index (χ4v) is 3.84. The predicted molar refractivity (Wildman–Crippen MR) is 127 cm³/mol. The Hall–Kier alpha value is -4.12. The highest BCUT2D eigenvalue weighted by atomic mass is 16.5. The molecule has 5 rings (SSSR count). The van der Waals surface area contributed by atoms with E-state index < -0.39 is 0 Å². The Kier molecular flexibility index (Phi) is 6.00. The number of morpholine rings is 1. The number of rotatable bonds is 7. The summed E-state index contributed by atoms with van der Waals surface area (Å²) >= 11 is 0. The lowest BCUT2D eigenvalue weighted by Crippen LogP contribution is -2.36. The molecule has 11 heteroatoms. The first kappa shape index (κ1) is 21.7. The fraction of sp³-hybridized carbons (Fsp3) is 0.304. The van der Waals surface area contributed by atoms with Crippen LogP contribution in [-0.2, 0) is 4.74 Å². The van der Waals surface area contributed by atoms with Crippen molar-refractivity contribution in [2.75, 3.05) is 57.8 Å². The van der Waals surface area contributed by atoms with Gasteiger partial charge in [0.15, 0.2) is 28.8 Å². The molecule has 0 bridgehead atoms. The number of fused-ring (bicyclic) bond motifs is 1. The van der Waals surface area contributed by atoms with Crippen molar-refractivity contribution in [1.82, 2.24) is 24.9 Å². The third-order valence-electron chi connectivity index (χ3n) is 5.55. The largest absolute Gasteiger partial charge is 0.493 e. The van der Waals surface area contributed by atoms with Crippen LogP contribution in [0.2, 0.25) is 0 Å². The first-order valence-electron chi connectivity index (χ1n) is 10.8. The van der Waals surface area contributed by atoms with E-state index >= 15 is 0 Å². The summed E-state index contributed by atoms with van der Waals surface area (Å²) in [5.74, 6) is 3.55. The fourth-order valence-electron chi connectivity index (χ4n) is 3.84. The molecule has 1 aromatic carbocycles. The molecule has 0 aliphatic carbocycles. The van der Waals surface area contributed by atoms with Crippen LogP contribution in [0.3, 0.4) is 0 Å². The minimum absolute atomic E-state index is 0.510. The van der Waals surface area contributed by atoms with Gasteiger partial charge in [0.1, 0.15) is 11.3 Å². The van der Waals surface area contributed by atoms with Gasteiger partial charge in [0.25, 0.3) is 0 Å². The van der Waals surface area contributed by atoms with Crippen LogP contribution in [0.1, 0.15) is 0 Å². The number of aromatic amines is 1. The normalized spacial score (nSPS) is 13.7. The average molecular weight is 463 g/mol. The zero-order valence-corrected chi connectivity index (χ0v) is 19.2. The Morgan fingerprint density at radius 3 is 2.38 bits per heavy atom. The van der Waals surface area contributed by atoms with Crippen LogP contribution in [0.4, 0.5) is 17.3 Å². The minimum atomic E-state index is 0.510. The molecule has 1 aliphatic heterocycles. The maximum Gasteiger partial charge on any atom is 0.203 e. The summed E-state index contributed by atoms with van der Waals surface area (Å²) in [4.78, 5) is 23.6. The molecule has 11 nitrogen and oxygen atoms in total. The molecule has 0 spiro atoms. The Morgan fingerprint density at radius 2 is 1.74 bits per heavy atom. The molecule has 0 radical (unpaired) electrons. The van der Waals surface area contributed by atoms with E-state index in [1.807, 2.05) is 24.3 Å². The average Bonchev–Trinajstić information content (AvgIpc) is 3.38. The Balaban J connectivity index is 1.49. The maximum absolute atomic E-state index is 5.47. The van der Waals surface area contributed by atoms with Crippen molar-refractivity contribution < 1.29 is 18.9 Å². The van der Waals surface area contributed by atoms with Gasteiger partial charge in [-0.15, -0.1) is 0 Å². The van der Waals surface area contributed by atoms with E-state index in [9.17, 15) is 0 Å². The number of anilines is 3. The third kappa shape index (κ3) is 4.13. The smallest absolute Gasteiger partial charge is 0.203 e. The summed E-state index contributed by atoms with van der Waals surface area (Å²) in [6.07, 6.45) is 3.37. The second kappa shape index (κ2) is 9.40. The molecule has 3 aromatic heterocycles. The molecule has 1 saturated heterocycles. The van der Waals surface area contributed by atoms with Gasteiger partial charge < -0.3 is 34.1 Å². The standard InChI is InChI=1S/C23H25N7O4/c1-31-16-10-15(11-17(32-2)20(16)33-3)27-23-19-22(26-13-25-19)28-21(29-23)14-4-5-18(24-12-14)30-6-8-34-9-7-30/h4-5,10-13H,6-9H2,1-3H3,(H2,25,26,27,28,29). The molecule has 1 aliphatic rings. The van der Waals surface area contributed by atoms with Crippen molar-refractivity contribution >= 4 is 28.5 Å². The molecule has 0 saturated carbocycles. The second-order valence-electron chi connectivity index (χ2n) is 7.54. The number of methoxy groups -OCH3 is 3. The summed E-state index contributed by atoms with van der Waals surface area (Å²) in [6, 6.07) is 7.56. The van der Waals surface area contributed by atoms with Crippen molar-refractivity contribution in [2.24, 2.45) is 0 Å². The zero-order valence-electron chi connectivity index (χ0n) is 19.2. The molecule has 34 heavy (non-hydrogen) atoms. The number of benzene rings is 1. The van der Waals surface area contributed by atoms with E-state index in [1.165, 1.54) is 0 Å². The van der Waals surface area contributed by atoms with Crippen molar-refractivity contribution in [2.45, 2.75) is 0 Å². The quantitative estimate of drug-likeness (QED) is 0.423. The number of ether oxygens (including phenoxy) is 4. The number of H-pyrrole nitrogens is 1. The van der Waals surface area contributed by atoms with Gasteiger partial charge in [-0.25, -0.2) is 19.9 Å². The van der Waals surface area contributed by atoms with E-state index in [1.54, 1.807) is 33.9 Å². The van der Waals surface area contributed by atoms with Crippen LogP contribution in [-0.4, -0.2) is 72.6 Å². The summed E-state index contributed by atoms with van der Waals surface area (Å²) in [5.41, 5.74) is 2.71. The number of nitrogens with zero attached hydrogens (tertiary/aromatic N) is 5. The van der Waals surface area contributed by atoms with Gasteiger partial charge in [0.05, 0.1) is 40.9 Å². The molecule has 0 amide bonds. The van der Waals surface area contributed by atoms with Crippen LogP contribution >= 0.6 is 0 Å². The van der Waals surface area contributed by atoms with Gasteiger partial charge in [-0.05, 0) is 12.1 Å². The van der Waals surface area contributed by atoms with Crippen LogP contribution in [0.25, 0.3) is 22.6 Å². The number of hydrogen-bond acceptors (Lipinski definition) is 10. The molecule has 2 N–H and O–H groups in total. The van der Waals surface area contributed by atoms with Crippen molar-refractivity contribution in [3.8, 4) is 28.6 Å². The molecule has 0 unspecified atom stereocenters. The van der Waals surface area contributed by atoms with Crippen molar-refractivity contribution in [3.63, 3.8) is 0 Å². The third-order valence-corrected chi connectivity index (χ3v) is 5.55. The molecular formula is C23H25N7O4. The van der Waals surface area contributed by atoms with Gasteiger partial charge in [0.2, 0.25) is 5.75 Å². The summed E-state index contributed by atoms with van der Waals surface area (Å²) < 4.78 is 21.8. The number of hydrogen-bond donors (Lipinski definition) is 2. The highest BCUT2D eigenvalue weighted by Crippen LogP contribution is 2.41. The van der Waals surface area contributed by atoms with E-state index in [0.717, 1.165) is 24.5 Å². The van der Waals surface area contributed by atoms with Crippen LogP contribution in [0.5, 0.6) is 17.2 Å². The predicted octanol–water partition coefficient (Wildman–Crippen LogP) is 3.02. The van der Waals surface area contributed by atoms with E-state index in [4.69, 9.17) is 23.9 Å². The lowest BCUT2D eigenvalue weighted by molar-refractivity contribution is 0.122. The zero-order chi connectivity index (χ0) is 23.5. The Labute approximate surface area is 196 Å². The van der Waals surface area contributed by atoms with Crippen LogP contribution in [0.15, 0.2) is 36.8 Å². The molecule has 0 atom stereocenters. The molecule has 1 fully saturated rings. The molecule has 4 heterocycles. The Morgan fingerprint density at radius 1 is 0.971 bits per heavy atom. The lowest BCUT2D eigenvalue weighted by atomic mass is 10.2. The number of imidazole rings is 1. The maximum atomic E-state index is 5.47. The minimum Gasteiger partial charge on any atom is -0.493 e. The first-order valence-corrected chi connectivity index (χ1v) is 10.8. The van der Waals surface area contributed by atoms with Crippen molar-refractivity contribution in [3.05, 3.63) is 36.8 Å². The summed E-state index contributed by atoms with van der Waals surface area (Å²) in [5, 5.41) is 3.33. The van der Waals surface area contributed by atoms with Gasteiger partial charge in [-0.3, -0.25) is 0 Å². The van der Waals surface area contributed by atoms with E-state index in [0.29, 0.717) is 59.0 Å². The van der Waals surface area contributed by atoms with Gasteiger partial charge in [-0.1, -0.05) is 0 Å². The number of nitrogens with one attached hydrogen (secondary N) is 2. The van der Waals surface area contributed by atoms with E-state index in [-0.39, 0.29) is 0 Å². The molecular weight excluding hydrogens is 438 g/mol. The lowest BCUT2D eigenvalue weighted by Gasteiger charge is -2.27. The Bertz CT molecular complexity index is 1260. The SMILES string of the molecule is COc1cc(Nc2nc(-c3ccc(N4CCOCC4)nc3)nc3nc[nH]c23)cc(OC)c1OC. The second-order valence-corrected chi connectivity index (χ2v) is 7.54. The topological polar surface area (TPSA) is 120 Å². The first-order chi connectivity index (χ1) is 16.7. The number of pyridine rings is 1. The van der Waals surface area contributed by atoms with Gasteiger partial charge in [0, 0.05) is 42.7 Å². The van der Waals surface area contributed by atoms with Crippen molar-refractivity contribution in [1.29, 1.82) is 0 Å². The van der Waals surface area contributed by atoms with E-state index in [2.05, 4.69) is 30.2 Å². The molecule has 4 aromatic rings. The number of aromatic nitrogens is 5. The summed E-state index contributed by atoms with van der Waals surface area (Å²) in [7, 11) is 4.71. The van der Waals surface area contributed by atoms with Crippen LogP contribution < -0.4 is 24.4 Å². The highest BCUT2D eigenvalue weighted by Gasteiger charge is 2.17. The van der Waals surface area contributed by atoms with Gasteiger partial charge in [-0.2, -0.15) is 0 Å².